The van der Waals surface area contributed by atoms with E-state index in [1.807, 2.05) is 74.9 Å². The van der Waals surface area contributed by atoms with E-state index in [4.69, 9.17) is 0 Å². The summed E-state index contributed by atoms with van der Waals surface area (Å²) in [6.45, 7) is 10.8. The Balaban J connectivity index is 0. The Hall–Kier alpha value is -3.10. The SMILES string of the molecule is CC.CC1CCCN1C=O.CN1Cc2cnn(C)c2Nc2ccccc21.CNC=S.CNCc1ccc(C=O)cc1C.[CH3-].[Re]. The van der Waals surface area contributed by atoms with E-state index in [1.165, 1.54) is 35.1 Å². The van der Waals surface area contributed by atoms with Crippen molar-refractivity contribution >= 4 is 47.6 Å². The Morgan fingerprint density at radius 3 is 2.27 bits per heavy atom. The normalized spacial score (nSPS) is 13.5. The first-order valence-corrected chi connectivity index (χ1v) is 14.9. The van der Waals surface area contributed by atoms with Crippen molar-refractivity contribution < 1.29 is 30.0 Å². The third-order valence-electron chi connectivity index (χ3n) is 6.72. The summed E-state index contributed by atoms with van der Waals surface area (Å²) in [5, 5.41) is 13.4. The van der Waals surface area contributed by atoms with Crippen molar-refractivity contribution in [1.82, 2.24) is 25.3 Å². The monoisotopic (exact) mass is 797 g/mol. The summed E-state index contributed by atoms with van der Waals surface area (Å²) >= 11 is 4.32. The smallest absolute Gasteiger partial charge is 0.209 e. The molecule has 2 aromatic carbocycles. The van der Waals surface area contributed by atoms with Crippen LogP contribution in [0.5, 0.6) is 0 Å². The second-order valence-corrected chi connectivity index (χ2v) is 9.95. The van der Waals surface area contributed by atoms with Crippen LogP contribution in [0.15, 0.2) is 48.7 Å². The van der Waals surface area contributed by atoms with Crippen LogP contribution in [0.4, 0.5) is 17.2 Å². The molecule has 3 N–H and O–H groups in total. The Bertz CT molecular complexity index is 1240. The molecule has 2 aliphatic rings. The molecule has 3 aromatic rings. The van der Waals surface area contributed by atoms with E-state index in [9.17, 15) is 9.59 Å². The van der Waals surface area contributed by atoms with E-state index in [2.05, 4.69) is 70.3 Å². The maximum Gasteiger partial charge on any atom is 0.209 e. The summed E-state index contributed by atoms with van der Waals surface area (Å²) < 4.78 is 1.88. The van der Waals surface area contributed by atoms with E-state index in [0.717, 1.165) is 55.0 Å². The molecule has 9 nitrogen and oxygen atoms in total. The van der Waals surface area contributed by atoms with Crippen LogP contribution >= 0.6 is 12.2 Å². The molecule has 1 radical (unpaired) electrons. The van der Waals surface area contributed by atoms with Crippen LogP contribution in [0.2, 0.25) is 0 Å². The summed E-state index contributed by atoms with van der Waals surface area (Å²) in [5.74, 6) is 1.08. The summed E-state index contributed by atoms with van der Waals surface area (Å²) in [6, 6.07) is 14.5. The third-order valence-corrected chi connectivity index (χ3v) is 6.95. The predicted octanol–water partition coefficient (Wildman–Crippen LogP) is 5.90. The Morgan fingerprint density at radius 2 is 1.77 bits per heavy atom. The minimum atomic E-state index is 0. The first-order valence-electron chi connectivity index (χ1n) is 14.4. The average molecular weight is 797 g/mol. The quantitative estimate of drug-likeness (QED) is 0.167. The summed E-state index contributed by atoms with van der Waals surface area (Å²) in [7, 11) is 7.74. The van der Waals surface area contributed by atoms with Crippen LogP contribution < -0.4 is 20.9 Å². The van der Waals surface area contributed by atoms with E-state index in [0.29, 0.717) is 6.04 Å². The number of likely N-dealkylation sites (tertiary alicyclic amines) is 1. The Labute approximate surface area is 284 Å². The summed E-state index contributed by atoms with van der Waals surface area (Å²) in [5.41, 5.74) is 8.18. The van der Waals surface area contributed by atoms with Gasteiger partial charge in [-0.2, -0.15) is 5.10 Å². The van der Waals surface area contributed by atoms with Crippen LogP contribution in [0.3, 0.4) is 0 Å². The van der Waals surface area contributed by atoms with Gasteiger partial charge in [-0.05, 0) is 63.1 Å². The third kappa shape index (κ3) is 13.7. The molecule has 0 saturated carbocycles. The van der Waals surface area contributed by atoms with Crippen LogP contribution in [-0.4, -0.2) is 66.6 Å². The number of hydrogen-bond acceptors (Lipinski definition) is 7. The molecule has 44 heavy (non-hydrogen) atoms. The topological polar surface area (TPSA) is 94.5 Å². The van der Waals surface area contributed by atoms with Gasteiger partial charge in [0.1, 0.15) is 12.1 Å². The largest absolute Gasteiger partial charge is 0.385 e. The fourth-order valence-electron chi connectivity index (χ4n) is 4.43. The molecular weight excluding hydrogens is 745 g/mol. The molecule has 5 rings (SSSR count). The number of carbonyl (C=O) groups is 2. The molecule has 0 aliphatic carbocycles. The number of aldehydes is 1. The van der Waals surface area contributed by atoms with Crippen molar-refractivity contribution in [1.29, 1.82) is 0 Å². The van der Waals surface area contributed by atoms with Gasteiger partial charge in [0.2, 0.25) is 6.41 Å². The number of amides is 1. The van der Waals surface area contributed by atoms with Crippen molar-refractivity contribution in [3.05, 3.63) is 78.3 Å². The van der Waals surface area contributed by atoms with Gasteiger partial charge in [-0.15, -0.1) is 0 Å². The molecule has 3 heterocycles. The van der Waals surface area contributed by atoms with Crippen LogP contribution in [0.1, 0.15) is 60.7 Å². The fourth-order valence-corrected chi connectivity index (χ4v) is 4.43. The van der Waals surface area contributed by atoms with Crippen molar-refractivity contribution in [2.75, 3.05) is 37.9 Å². The first kappa shape index (κ1) is 43.0. The standard InChI is InChI=1S/C12H14N4.C10H13NO.C6H11NO.C2H5NS.C2H6.CH3.Re/c1-15-8-9-7-13-16(2)12(9)14-10-5-3-4-6-11(10)15;1-8-5-9(7-12)3-4-10(8)6-11-2;1-6-3-2-4-7(6)5-8;1-3-2-4;1-2;;/h3-7,14H,8H2,1-2H3;3-5,7,11H,6H2,1-2H3;5-6H,2-4H2,1H3;2H,1H3,(H,3,4);1-2H3;1H3;/q;;;;;-1;. The van der Waals surface area contributed by atoms with Crippen LogP contribution in [-0.2, 0) is 45.4 Å². The van der Waals surface area contributed by atoms with E-state index in [1.54, 1.807) is 7.05 Å². The van der Waals surface area contributed by atoms with Crippen LogP contribution in [0.25, 0.3) is 0 Å². The average Bonchev–Trinajstić information content (AvgIpc) is 3.55. The molecule has 1 amide bonds. The van der Waals surface area contributed by atoms with Gasteiger partial charge in [-0.3, -0.25) is 14.3 Å². The maximum absolute atomic E-state index is 10.4. The molecule has 1 fully saturated rings. The van der Waals surface area contributed by atoms with Gasteiger partial charge in [0, 0.05) is 78.4 Å². The number of aryl methyl sites for hydroxylation is 2. The van der Waals surface area contributed by atoms with E-state index >= 15 is 0 Å². The number of para-hydroxylation sites is 2. The van der Waals surface area contributed by atoms with E-state index < -0.39 is 0 Å². The van der Waals surface area contributed by atoms with Gasteiger partial charge < -0.3 is 33.2 Å². The number of nitrogens with one attached hydrogen (secondary N) is 3. The molecule has 1 unspecified atom stereocenters. The minimum Gasteiger partial charge on any atom is -0.385 e. The summed E-state index contributed by atoms with van der Waals surface area (Å²) in [6.07, 6.45) is 6.09. The number of benzene rings is 2. The number of fused-ring (bicyclic) bond motifs is 2. The van der Waals surface area contributed by atoms with Gasteiger partial charge in [-0.1, -0.05) is 50.3 Å². The Morgan fingerprint density at radius 1 is 1.11 bits per heavy atom. The van der Waals surface area contributed by atoms with Gasteiger partial charge in [-0.25, -0.2) is 0 Å². The number of thiocarbonyl (C=S) groups is 1. The van der Waals surface area contributed by atoms with Crippen molar-refractivity contribution in [3.63, 3.8) is 0 Å². The zero-order valence-corrected chi connectivity index (χ0v) is 31.4. The number of carbonyl (C=O) groups excluding carboxylic acids is 2. The second kappa shape index (κ2) is 24.2. The second-order valence-electron chi connectivity index (χ2n) is 9.72. The number of hydrogen-bond donors (Lipinski definition) is 3. The van der Waals surface area contributed by atoms with Gasteiger partial charge in [0.25, 0.3) is 0 Å². The molecule has 0 bridgehead atoms. The maximum atomic E-state index is 10.4. The van der Waals surface area contributed by atoms with Gasteiger partial charge >= 0.3 is 0 Å². The van der Waals surface area contributed by atoms with E-state index in [-0.39, 0.29) is 27.8 Å². The number of nitrogens with zero attached hydrogens (tertiary/aromatic N) is 4. The molecule has 1 aromatic heterocycles. The number of rotatable bonds is 5. The minimum absolute atomic E-state index is 0. The van der Waals surface area contributed by atoms with Crippen molar-refractivity contribution in [3.8, 4) is 0 Å². The number of anilines is 3. The molecular formula is C33H52N7O2ReS-. The summed E-state index contributed by atoms with van der Waals surface area (Å²) in [4.78, 5) is 24.6. The van der Waals surface area contributed by atoms with Crippen LogP contribution in [0, 0.1) is 14.4 Å². The van der Waals surface area contributed by atoms with Crippen molar-refractivity contribution in [2.24, 2.45) is 7.05 Å². The molecule has 2 aliphatic heterocycles. The van der Waals surface area contributed by atoms with Gasteiger partial charge in [0.15, 0.2) is 0 Å². The molecule has 11 heteroatoms. The van der Waals surface area contributed by atoms with Gasteiger partial charge in [0.05, 0.1) is 23.1 Å². The molecule has 1 saturated heterocycles. The zero-order chi connectivity index (χ0) is 31.5. The van der Waals surface area contributed by atoms with Crippen molar-refractivity contribution in [2.45, 2.75) is 59.7 Å². The molecule has 0 spiro atoms. The first-order chi connectivity index (χ1) is 20.3. The Kier molecular flexibility index (Phi) is 23.7. The molecule has 1 atom stereocenters. The fraction of sp³-hybridized carbons (Fsp3) is 0.424. The molecule has 245 valence electrons. The zero-order valence-electron chi connectivity index (χ0n) is 27.9. The predicted molar refractivity (Wildman–Crippen MR) is 186 cm³/mol. The number of aromatic nitrogens is 2.